The lowest BCUT2D eigenvalue weighted by molar-refractivity contribution is 0.0949. The van der Waals surface area contributed by atoms with Crippen molar-refractivity contribution in [1.29, 1.82) is 0 Å². The number of thioether (sulfide) groups is 1. The van der Waals surface area contributed by atoms with Crippen LogP contribution < -0.4 is 11.1 Å². The molecule has 1 fully saturated rings. The Morgan fingerprint density at radius 1 is 1.48 bits per heavy atom. The molecular weight excluding hydrogens is 287 g/mol. The van der Waals surface area contributed by atoms with Gasteiger partial charge in [-0.05, 0) is 36.8 Å². The Hall–Kier alpha value is -1.51. The van der Waals surface area contributed by atoms with Gasteiger partial charge in [-0.25, -0.2) is 4.39 Å². The maximum Gasteiger partial charge on any atom is 0.254 e. The Balaban J connectivity index is 1.95. The first-order valence-corrected chi connectivity index (χ1v) is 8.14. The highest BCUT2D eigenvalue weighted by Crippen LogP contribution is 2.24. The first-order chi connectivity index (χ1) is 10.2. The molecule has 0 saturated carbocycles. The highest BCUT2D eigenvalue weighted by molar-refractivity contribution is 7.99. The van der Waals surface area contributed by atoms with E-state index in [-0.39, 0.29) is 18.0 Å². The topological polar surface area (TPSA) is 55.1 Å². The molecule has 0 aliphatic carbocycles. The number of hydrogen-bond donors (Lipinski definition) is 2. The molecule has 3 N–H and O–H groups in total. The van der Waals surface area contributed by atoms with Crippen molar-refractivity contribution in [2.45, 2.75) is 24.5 Å². The van der Waals surface area contributed by atoms with E-state index in [1.807, 2.05) is 11.8 Å². The van der Waals surface area contributed by atoms with Crippen molar-refractivity contribution in [3.05, 3.63) is 35.1 Å². The van der Waals surface area contributed by atoms with Crippen LogP contribution in [0.25, 0.3) is 0 Å². The van der Waals surface area contributed by atoms with Crippen molar-refractivity contribution in [3.63, 3.8) is 0 Å². The van der Waals surface area contributed by atoms with Gasteiger partial charge in [-0.1, -0.05) is 18.3 Å². The van der Waals surface area contributed by atoms with Crippen molar-refractivity contribution >= 4 is 17.7 Å². The fourth-order valence-electron chi connectivity index (χ4n) is 2.20. The summed E-state index contributed by atoms with van der Waals surface area (Å²) in [5, 5.41) is 3.26. The number of rotatable bonds is 3. The van der Waals surface area contributed by atoms with Gasteiger partial charge in [0.15, 0.2) is 0 Å². The number of nitrogens with two attached hydrogens (primary N) is 1. The molecule has 1 aliphatic heterocycles. The lowest BCUT2D eigenvalue weighted by Gasteiger charge is -2.21. The van der Waals surface area contributed by atoms with E-state index < -0.39 is 5.82 Å². The van der Waals surface area contributed by atoms with Gasteiger partial charge < -0.3 is 11.1 Å². The standard InChI is InChI=1S/C16H19FN2OS/c17-15-10-12(4-3-8-18)6-7-14(15)16(20)19-11-13-5-1-2-9-21-13/h6-7,10,13H,1-2,5,8-9,11,18H2,(H,19,20). The first-order valence-electron chi connectivity index (χ1n) is 7.09. The normalized spacial score (nSPS) is 17.7. The zero-order valence-electron chi connectivity index (χ0n) is 11.8. The van der Waals surface area contributed by atoms with E-state index in [0.29, 0.717) is 17.4 Å². The molecule has 0 radical (unpaired) electrons. The third-order valence-corrected chi connectivity index (χ3v) is 4.71. The van der Waals surface area contributed by atoms with Crippen LogP contribution in [0.15, 0.2) is 18.2 Å². The summed E-state index contributed by atoms with van der Waals surface area (Å²) in [6.45, 7) is 0.820. The van der Waals surface area contributed by atoms with Gasteiger partial charge in [0.1, 0.15) is 5.82 Å². The molecule has 2 rings (SSSR count). The second-order valence-corrected chi connectivity index (χ2v) is 6.31. The van der Waals surface area contributed by atoms with E-state index in [2.05, 4.69) is 17.2 Å². The number of hydrogen-bond acceptors (Lipinski definition) is 3. The highest BCUT2D eigenvalue weighted by Gasteiger charge is 2.17. The molecule has 1 atom stereocenters. The molecule has 1 unspecified atom stereocenters. The average molecular weight is 306 g/mol. The number of benzene rings is 1. The van der Waals surface area contributed by atoms with Gasteiger partial charge in [-0.3, -0.25) is 4.79 Å². The fraction of sp³-hybridized carbons (Fsp3) is 0.438. The molecule has 3 nitrogen and oxygen atoms in total. The summed E-state index contributed by atoms with van der Waals surface area (Å²) < 4.78 is 13.9. The first kappa shape index (κ1) is 15.9. The second-order valence-electron chi connectivity index (χ2n) is 4.90. The van der Waals surface area contributed by atoms with Crippen molar-refractivity contribution in [3.8, 4) is 11.8 Å². The number of amides is 1. The van der Waals surface area contributed by atoms with Crippen molar-refractivity contribution in [2.75, 3.05) is 18.8 Å². The van der Waals surface area contributed by atoms with Crippen LogP contribution in [-0.2, 0) is 0 Å². The Morgan fingerprint density at radius 3 is 3.00 bits per heavy atom. The number of halogens is 1. The SMILES string of the molecule is NCC#Cc1ccc(C(=O)NCC2CCCCS2)c(F)c1. The summed E-state index contributed by atoms with van der Waals surface area (Å²) in [5.41, 5.74) is 5.86. The average Bonchev–Trinajstić information content (AvgIpc) is 2.51. The molecular formula is C16H19FN2OS. The van der Waals surface area contributed by atoms with Crippen molar-refractivity contribution < 1.29 is 9.18 Å². The van der Waals surface area contributed by atoms with Gasteiger partial charge >= 0.3 is 0 Å². The van der Waals surface area contributed by atoms with Gasteiger partial charge in [-0.15, -0.1) is 0 Å². The van der Waals surface area contributed by atoms with E-state index in [1.54, 1.807) is 6.07 Å². The van der Waals surface area contributed by atoms with E-state index in [1.165, 1.54) is 25.0 Å². The molecule has 1 saturated heterocycles. The van der Waals surface area contributed by atoms with E-state index in [9.17, 15) is 9.18 Å². The lowest BCUT2D eigenvalue weighted by atomic mass is 10.1. The predicted octanol–water partition coefficient (Wildman–Crippen LogP) is 2.15. The van der Waals surface area contributed by atoms with E-state index >= 15 is 0 Å². The van der Waals surface area contributed by atoms with Crippen LogP contribution in [0, 0.1) is 17.7 Å². The van der Waals surface area contributed by atoms with E-state index in [0.717, 1.165) is 12.2 Å². The maximum atomic E-state index is 13.9. The number of carbonyl (C=O) groups is 1. The van der Waals surface area contributed by atoms with Crippen LogP contribution in [0.5, 0.6) is 0 Å². The minimum Gasteiger partial charge on any atom is -0.351 e. The highest BCUT2D eigenvalue weighted by atomic mass is 32.2. The van der Waals surface area contributed by atoms with E-state index in [4.69, 9.17) is 5.73 Å². The monoisotopic (exact) mass is 306 g/mol. The molecule has 5 heteroatoms. The van der Waals surface area contributed by atoms with Crippen LogP contribution in [0.3, 0.4) is 0 Å². The molecule has 1 aromatic rings. The summed E-state index contributed by atoms with van der Waals surface area (Å²) in [5.74, 6) is 5.63. The predicted molar refractivity (Wildman–Crippen MR) is 84.8 cm³/mol. The third kappa shape index (κ3) is 4.76. The minimum atomic E-state index is -0.549. The summed E-state index contributed by atoms with van der Waals surface area (Å²) in [6.07, 6.45) is 3.56. The van der Waals surface area contributed by atoms with Crippen LogP contribution in [0.2, 0.25) is 0 Å². The second kappa shape index (κ2) is 8.06. The summed E-state index contributed by atoms with van der Waals surface area (Å²) >= 11 is 1.88. The van der Waals surface area contributed by atoms with Crippen molar-refractivity contribution in [1.82, 2.24) is 5.32 Å². The van der Waals surface area contributed by atoms with Crippen LogP contribution in [0.1, 0.15) is 35.2 Å². The molecule has 0 bridgehead atoms. The quantitative estimate of drug-likeness (QED) is 0.841. The molecule has 1 amide bonds. The number of nitrogens with one attached hydrogen (secondary N) is 1. The molecule has 1 heterocycles. The van der Waals surface area contributed by atoms with Gasteiger partial charge in [-0.2, -0.15) is 11.8 Å². The Kier molecular flexibility index (Phi) is 6.09. The molecule has 0 spiro atoms. The zero-order valence-corrected chi connectivity index (χ0v) is 12.6. The van der Waals surface area contributed by atoms with Gasteiger partial charge in [0.2, 0.25) is 0 Å². The van der Waals surface area contributed by atoms with Gasteiger partial charge in [0.25, 0.3) is 5.91 Å². The van der Waals surface area contributed by atoms with Gasteiger partial charge in [0.05, 0.1) is 12.1 Å². The Morgan fingerprint density at radius 2 is 2.33 bits per heavy atom. The Labute approximate surface area is 128 Å². The molecule has 112 valence electrons. The molecule has 21 heavy (non-hydrogen) atoms. The zero-order chi connectivity index (χ0) is 15.1. The summed E-state index contributed by atoms with van der Waals surface area (Å²) in [7, 11) is 0. The number of carbonyl (C=O) groups excluding carboxylic acids is 1. The van der Waals surface area contributed by atoms with Crippen LogP contribution in [-0.4, -0.2) is 30.0 Å². The smallest absolute Gasteiger partial charge is 0.254 e. The Bertz CT molecular complexity index is 559. The lowest BCUT2D eigenvalue weighted by Crippen LogP contribution is -2.32. The minimum absolute atomic E-state index is 0.0640. The molecule has 0 aromatic heterocycles. The maximum absolute atomic E-state index is 13.9. The molecule has 1 aromatic carbocycles. The van der Waals surface area contributed by atoms with Crippen LogP contribution >= 0.6 is 11.8 Å². The molecule has 1 aliphatic rings. The third-order valence-electron chi connectivity index (χ3n) is 3.31. The van der Waals surface area contributed by atoms with Crippen LogP contribution in [0.4, 0.5) is 4.39 Å². The van der Waals surface area contributed by atoms with Crippen molar-refractivity contribution in [2.24, 2.45) is 5.73 Å². The summed E-state index contributed by atoms with van der Waals surface area (Å²) in [6, 6.07) is 4.38. The fourth-order valence-corrected chi connectivity index (χ4v) is 3.44. The largest absolute Gasteiger partial charge is 0.351 e. The summed E-state index contributed by atoms with van der Waals surface area (Å²) in [4.78, 5) is 12.0. The van der Waals surface area contributed by atoms with Gasteiger partial charge in [0, 0.05) is 17.4 Å².